The van der Waals surface area contributed by atoms with Gasteiger partial charge in [-0.05, 0) is 19.1 Å². The minimum absolute atomic E-state index is 0.0980. The number of carbonyl (C=O) groups is 1. The van der Waals surface area contributed by atoms with Crippen LogP contribution < -0.4 is 19.5 Å². The van der Waals surface area contributed by atoms with E-state index in [1.165, 1.54) is 0 Å². The van der Waals surface area contributed by atoms with Crippen molar-refractivity contribution in [3.8, 4) is 17.2 Å². The summed E-state index contributed by atoms with van der Waals surface area (Å²) in [4.78, 5) is 16.5. The number of nitrogens with zero attached hydrogens (tertiary/aromatic N) is 4. The van der Waals surface area contributed by atoms with Crippen molar-refractivity contribution < 1.29 is 19.0 Å². The van der Waals surface area contributed by atoms with Crippen molar-refractivity contribution in [2.24, 2.45) is 0 Å². The van der Waals surface area contributed by atoms with Crippen LogP contribution in [0.4, 0.5) is 5.82 Å². The number of hydrogen-bond acceptors (Lipinski definition) is 6. The second-order valence-corrected chi connectivity index (χ2v) is 6.33. The number of carbonyl (C=O) groups excluding carboxylic acids is 1. The highest BCUT2D eigenvalue weighted by Crippen LogP contribution is 2.40. The minimum atomic E-state index is -0.0980. The van der Waals surface area contributed by atoms with Gasteiger partial charge < -0.3 is 24.1 Å². The quantitative estimate of drug-likeness (QED) is 0.594. The molecule has 9 nitrogen and oxygen atoms in total. The van der Waals surface area contributed by atoms with Crippen molar-refractivity contribution in [3.05, 3.63) is 48.2 Å². The number of anilines is 1. The van der Waals surface area contributed by atoms with Gasteiger partial charge in [0.1, 0.15) is 11.6 Å². The van der Waals surface area contributed by atoms with E-state index in [0.717, 1.165) is 11.4 Å². The number of hydrogen-bond donors (Lipinski definition) is 1. The van der Waals surface area contributed by atoms with E-state index in [1.54, 1.807) is 44.5 Å². The first-order valence-electron chi connectivity index (χ1n) is 9.14. The zero-order chi connectivity index (χ0) is 20.8. The van der Waals surface area contributed by atoms with Crippen LogP contribution in [0.25, 0.3) is 0 Å². The molecule has 154 valence electrons. The van der Waals surface area contributed by atoms with E-state index in [0.29, 0.717) is 42.6 Å². The molecule has 0 spiro atoms. The minimum Gasteiger partial charge on any atom is -0.493 e. The van der Waals surface area contributed by atoms with Gasteiger partial charge in [-0.1, -0.05) is 0 Å². The molecule has 0 unspecified atom stereocenters. The summed E-state index contributed by atoms with van der Waals surface area (Å²) in [6, 6.07) is 5.45. The molecule has 0 aliphatic heterocycles. The first-order chi connectivity index (χ1) is 14.1. The molecule has 3 aromatic rings. The summed E-state index contributed by atoms with van der Waals surface area (Å²) in [7, 11) is 4.71. The molecule has 29 heavy (non-hydrogen) atoms. The van der Waals surface area contributed by atoms with Crippen LogP contribution in [0.5, 0.6) is 17.2 Å². The number of aromatic nitrogens is 4. The van der Waals surface area contributed by atoms with Crippen molar-refractivity contribution in [3.63, 3.8) is 0 Å². The van der Waals surface area contributed by atoms with Crippen molar-refractivity contribution in [2.75, 3.05) is 26.6 Å². The number of methoxy groups -OCH3 is 3. The fourth-order valence-corrected chi connectivity index (χ4v) is 3.08. The maximum Gasteiger partial charge on any atom is 0.227 e. The molecule has 0 aliphatic carbocycles. The summed E-state index contributed by atoms with van der Waals surface area (Å²) >= 11 is 0. The second kappa shape index (κ2) is 9.13. The predicted molar refractivity (Wildman–Crippen MR) is 108 cm³/mol. The van der Waals surface area contributed by atoms with Gasteiger partial charge in [0, 0.05) is 37.0 Å². The van der Waals surface area contributed by atoms with Crippen molar-refractivity contribution in [1.82, 2.24) is 19.3 Å². The number of ether oxygens (including phenoxy) is 3. The topological polar surface area (TPSA) is 92.4 Å². The average molecular weight is 399 g/mol. The molecule has 2 heterocycles. The molecule has 2 aromatic heterocycles. The Morgan fingerprint density at radius 2 is 1.86 bits per heavy atom. The van der Waals surface area contributed by atoms with Gasteiger partial charge >= 0.3 is 0 Å². The Balaban J connectivity index is 1.72. The van der Waals surface area contributed by atoms with Crippen LogP contribution in [0.2, 0.25) is 0 Å². The van der Waals surface area contributed by atoms with Crippen LogP contribution in [-0.2, 0) is 17.9 Å². The highest BCUT2D eigenvalue weighted by Gasteiger charge is 2.17. The van der Waals surface area contributed by atoms with Crippen molar-refractivity contribution >= 4 is 11.7 Å². The molecule has 0 radical (unpaired) electrons. The molecular formula is C20H25N5O4. The molecule has 3 rings (SSSR count). The van der Waals surface area contributed by atoms with Gasteiger partial charge in [-0.3, -0.25) is 4.79 Å². The number of imidazole rings is 1. The van der Waals surface area contributed by atoms with Gasteiger partial charge in [0.25, 0.3) is 0 Å². The molecule has 0 saturated heterocycles. The van der Waals surface area contributed by atoms with E-state index in [9.17, 15) is 4.79 Å². The van der Waals surface area contributed by atoms with E-state index in [-0.39, 0.29) is 5.91 Å². The Morgan fingerprint density at radius 3 is 2.52 bits per heavy atom. The predicted octanol–water partition coefficient (Wildman–Crippen LogP) is 2.49. The maximum absolute atomic E-state index is 12.4. The van der Waals surface area contributed by atoms with Crippen molar-refractivity contribution in [1.29, 1.82) is 0 Å². The summed E-state index contributed by atoms with van der Waals surface area (Å²) < 4.78 is 19.9. The number of benzene rings is 1. The Morgan fingerprint density at radius 1 is 1.07 bits per heavy atom. The number of nitrogens with one attached hydrogen (secondary N) is 1. The molecular weight excluding hydrogens is 374 g/mol. The lowest BCUT2D eigenvalue weighted by Crippen LogP contribution is -2.18. The van der Waals surface area contributed by atoms with Gasteiger partial charge in [-0.2, -0.15) is 5.10 Å². The SMILES string of the molecule is COc1ccc(Cn2nccc2NC(=O)CCn2ccnc2C)c(OC)c1OC. The Hall–Kier alpha value is -3.49. The summed E-state index contributed by atoms with van der Waals surface area (Å²) in [6.07, 6.45) is 5.56. The van der Waals surface area contributed by atoms with Crippen LogP contribution in [0.3, 0.4) is 0 Å². The molecule has 0 aliphatic rings. The Kier molecular flexibility index (Phi) is 6.38. The summed E-state index contributed by atoms with van der Waals surface area (Å²) in [5, 5.41) is 7.23. The fraction of sp³-hybridized carbons (Fsp3) is 0.350. The Labute approximate surface area is 169 Å². The van der Waals surface area contributed by atoms with E-state index < -0.39 is 0 Å². The normalized spacial score (nSPS) is 10.6. The third-order valence-electron chi connectivity index (χ3n) is 4.59. The van der Waals surface area contributed by atoms with Gasteiger partial charge in [0.05, 0.1) is 34.1 Å². The molecule has 1 aromatic carbocycles. The average Bonchev–Trinajstić information content (AvgIpc) is 3.34. The standard InChI is InChI=1S/C20H25N5O4/c1-14-21-10-12-24(14)11-8-18(26)23-17-7-9-22-25(17)13-15-5-6-16(27-2)20(29-4)19(15)28-3/h5-7,9-10,12H,8,11,13H2,1-4H3,(H,23,26). The third-order valence-corrected chi connectivity index (χ3v) is 4.59. The third kappa shape index (κ3) is 4.50. The monoisotopic (exact) mass is 399 g/mol. The molecule has 1 N–H and O–H groups in total. The zero-order valence-corrected chi connectivity index (χ0v) is 17.0. The zero-order valence-electron chi connectivity index (χ0n) is 17.0. The second-order valence-electron chi connectivity index (χ2n) is 6.33. The summed E-state index contributed by atoms with van der Waals surface area (Å²) in [6.45, 7) is 2.87. The number of amides is 1. The van der Waals surface area contributed by atoms with Crippen LogP contribution >= 0.6 is 0 Å². The summed E-state index contributed by atoms with van der Waals surface area (Å²) in [5.74, 6) is 3.05. The van der Waals surface area contributed by atoms with Crippen LogP contribution in [0.1, 0.15) is 17.8 Å². The highest BCUT2D eigenvalue weighted by atomic mass is 16.5. The van der Waals surface area contributed by atoms with Gasteiger partial charge in [0.15, 0.2) is 11.5 Å². The first-order valence-corrected chi connectivity index (χ1v) is 9.14. The fourth-order valence-electron chi connectivity index (χ4n) is 3.08. The number of aryl methyl sites for hydroxylation is 2. The van der Waals surface area contributed by atoms with E-state index in [4.69, 9.17) is 14.2 Å². The lowest BCUT2D eigenvalue weighted by molar-refractivity contribution is -0.116. The van der Waals surface area contributed by atoms with E-state index in [1.807, 2.05) is 29.8 Å². The maximum atomic E-state index is 12.4. The Bertz CT molecular complexity index is 979. The smallest absolute Gasteiger partial charge is 0.227 e. The molecule has 1 amide bonds. The first kappa shape index (κ1) is 20.2. The molecule has 9 heteroatoms. The van der Waals surface area contributed by atoms with Crippen LogP contribution in [-0.4, -0.2) is 46.6 Å². The van der Waals surface area contributed by atoms with Gasteiger partial charge in [0.2, 0.25) is 11.7 Å². The largest absolute Gasteiger partial charge is 0.493 e. The molecule has 0 fully saturated rings. The van der Waals surface area contributed by atoms with Crippen LogP contribution in [0.15, 0.2) is 36.8 Å². The van der Waals surface area contributed by atoms with Gasteiger partial charge in [-0.15, -0.1) is 0 Å². The number of rotatable bonds is 9. The van der Waals surface area contributed by atoms with Crippen LogP contribution in [0, 0.1) is 6.92 Å². The van der Waals surface area contributed by atoms with E-state index >= 15 is 0 Å². The molecule has 0 bridgehead atoms. The molecule has 0 saturated carbocycles. The van der Waals surface area contributed by atoms with Crippen molar-refractivity contribution in [2.45, 2.75) is 26.4 Å². The lowest BCUT2D eigenvalue weighted by atomic mass is 10.1. The van der Waals surface area contributed by atoms with E-state index in [2.05, 4.69) is 15.4 Å². The van der Waals surface area contributed by atoms with Gasteiger partial charge in [-0.25, -0.2) is 9.67 Å². The molecule has 0 atom stereocenters. The lowest BCUT2D eigenvalue weighted by Gasteiger charge is -2.16. The highest BCUT2D eigenvalue weighted by molar-refractivity contribution is 5.89. The summed E-state index contributed by atoms with van der Waals surface area (Å²) in [5.41, 5.74) is 0.846.